The summed E-state index contributed by atoms with van der Waals surface area (Å²) in [4.78, 5) is 0. The third-order valence-electron chi connectivity index (χ3n) is 0.392. The minimum absolute atomic E-state index is 0.213. The average molecular weight is 86.1 g/mol. The van der Waals surface area contributed by atoms with Crippen molar-refractivity contribution in [2.24, 2.45) is 0 Å². The van der Waals surface area contributed by atoms with E-state index in [1.54, 1.807) is 0 Å². The fraction of sp³-hybridized carbons (Fsp3) is 0. The Bertz CT molecular complexity index is 178. The Morgan fingerprint density at radius 3 is 3.17 bits per heavy atom. The van der Waals surface area contributed by atoms with Crippen LogP contribution in [0.5, 0.6) is 5.75 Å². The Hall–Kier alpha value is -0.990. The monoisotopic (exact) mass is 86.0 g/mol. The molecule has 0 aromatic carbocycles. The van der Waals surface area contributed by atoms with Crippen LogP contribution in [0.4, 0.5) is 0 Å². The lowest BCUT2D eigenvalue weighted by atomic mass is 10.7. The largest absolute Gasteiger partial charge is 0.505 e. The summed E-state index contributed by atoms with van der Waals surface area (Å²) in [6.07, 6.45) is -0.495. The zero-order valence-electron chi connectivity index (χ0n) is 4.89. The summed E-state index contributed by atoms with van der Waals surface area (Å²) in [6, 6.07) is 0. The van der Waals surface area contributed by atoms with Gasteiger partial charge >= 0.3 is 0 Å². The molecule has 32 valence electrons. The third-order valence-corrected chi connectivity index (χ3v) is 0.392. The van der Waals surface area contributed by atoms with Crippen LogP contribution in [0.3, 0.4) is 0 Å². The van der Waals surface area contributed by atoms with Gasteiger partial charge in [0, 0.05) is 0 Å². The Morgan fingerprint density at radius 2 is 3.00 bits per heavy atom. The highest BCUT2D eigenvalue weighted by Crippen LogP contribution is 1.97. The van der Waals surface area contributed by atoms with Crippen molar-refractivity contribution in [2.45, 2.75) is 0 Å². The number of hydrogen-bond donors (Lipinski definition) is 2. The van der Waals surface area contributed by atoms with Gasteiger partial charge in [0.25, 0.3) is 0 Å². The van der Waals surface area contributed by atoms with Gasteiger partial charge in [-0.2, -0.15) is 5.10 Å². The zero-order chi connectivity index (χ0) is 6.15. The molecule has 0 fully saturated rings. The number of aromatic hydroxyl groups is 1. The average Bonchev–Trinajstić information content (AvgIpc) is 1.98. The number of nitrogens with one attached hydrogen (secondary N) is 1. The number of rotatable bonds is 0. The van der Waals surface area contributed by atoms with Gasteiger partial charge in [0.15, 0.2) is 5.75 Å². The van der Waals surface area contributed by atoms with Gasteiger partial charge < -0.3 is 5.11 Å². The topological polar surface area (TPSA) is 48.9 Å². The van der Waals surface area contributed by atoms with Gasteiger partial charge in [-0.25, -0.2) is 0 Å². The SMILES string of the molecule is [2H]c1n[nH]c([2H])c1O. The maximum Gasteiger partial charge on any atom is 0.153 e. The Balaban J connectivity index is 3.19. The minimum atomic E-state index is -0.398. The van der Waals surface area contributed by atoms with Gasteiger partial charge in [-0.3, -0.25) is 5.10 Å². The lowest BCUT2D eigenvalue weighted by Gasteiger charge is -1.65. The maximum atomic E-state index is 8.58. The van der Waals surface area contributed by atoms with Crippen molar-refractivity contribution < 1.29 is 7.85 Å². The van der Waals surface area contributed by atoms with Crippen LogP contribution in [0.15, 0.2) is 12.3 Å². The number of H-pyrrole nitrogens is 1. The quantitative estimate of drug-likeness (QED) is 0.471. The van der Waals surface area contributed by atoms with Gasteiger partial charge in [-0.15, -0.1) is 0 Å². The number of nitrogens with zero attached hydrogens (tertiary/aromatic N) is 1. The molecule has 0 saturated heterocycles. The Labute approximate surface area is 37.4 Å². The Morgan fingerprint density at radius 1 is 2.17 bits per heavy atom. The first-order chi connectivity index (χ1) is 3.72. The van der Waals surface area contributed by atoms with E-state index in [0.29, 0.717) is 0 Å². The molecule has 0 aliphatic carbocycles. The van der Waals surface area contributed by atoms with Crippen LogP contribution in [0.1, 0.15) is 2.74 Å². The third kappa shape index (κ3) is 0.337. The molecule has 1 rings (SSSR count). The van der Waals surface area contributed by atoms with Crippen molar-refractivity contribution in [1.29, 1.82) is 0 Å². The summed E-state index contributed by atoms with van der Waals surface area (Å²) in [5, 5.41) is 13.9. The smallest absolute Gasteiger partial charge is 0.153 e. The van der Waals surface area contributed by atoms with E-state index >= 15 is 0 Å². The molecular formula is C3H4N2O. The van der Waals surface area contributed by atoms with E-state index in [4.69, 9.17) is 7.85 Å². The van der Waals surface area contributed by atoms with Crippen LogP contribution in [0, 0.1) is 0 Å². The van der Waals surface area contributed by atoms with E-state index in [0.717, 1.165) is 0 Å². The van der Waals surface area contributed by atoms with Gasteiger partial charge in [-0.1, -0.05) is 0 Å². The fourth-order valence-electron chi connectivity index (χ4n) is 0.190. The maximum absolute atomic E-state index is 8.58. The van der Waals surface area contributed by atoms with Crippen molar-refractivity contribution in [3.05, 3.63) is 12.3 Å². The molecule has 3 heteroatoms. The highest BCUT2D eigenvalue weighted by molar-refractivity contribution is 5.06. The molecule has 1 heterocycles. The number of aromatic nitrogens is 2. The highest BCUT2D eigenvalue weighted by Gasteiger charge is 1.77. The highest BCUT2D eigenvalue weighted by atomic mass is 16.3. The molecule has 6 heavy (non-hydrogen) atoms. The van der Waals surface area contributed by atoms with Crippen LogP contribution in [0.25, 0.3) is 0 Å². The fourth-order valence-corrected chi connectivity index (χ4v) is 0.190. The van der Waals surface area contributed by atoms with Gasteiger partial charge in [0.05, 0.1) is 15.1 Å². The second-order valence-electron chi connectivity index (χ2n) is 0.809. The van der Waals surface area contributed by atoms with Gasteiger partial charge in [-0.05, 0) is 0 Å². The molecule has 0 radical (unpaired) electrons. The van der Waals surface area contributed by atoms with Crippen LogP contribution in [-0.2, 0) is 0 Å². The molecule has 0 atom stereocenters. The second-order valence-corrected chi connectivity index (χ2v) is 0.809. The first kappa shape index (κ1) is 1.64. The number of hydrogen-bond acceptors (Lipinski definition) is 2. The van der Waals surface area contributed by atoms with E-state index in [1.165, 1.54) is 0 Å². The summed E-state index contributed by atoms with van der Waals surface area (Å²) in [6.45, 7) is 0. The molecule has 3 nitrogen and oxygen atoms in total. The lowest BCUT2D eigenvalue weighted by Crippen LogP contribution is -1.53. The molecule has 0 amide bonds. The minimum Gasteiger partial charge on any atom is -0.505 e. The summed E-state index contributed by atoms with van der Waals surface area (Å²) in [7, 11) is 0. The molecule has 0 spiro atoms. The molecule has 0 aliphatic heterocycles. The van der Waals surface area contributed by atoms with Crippen molar-refractivity contribution in [3.63, 3.8) is 0 Å². The molecule has 0 unspecified atom stereocenters. The molecule has 0 saturated carbocycles. The zero-order valence-corrected chi connectivity index (χ0v) is 2.89. The lowest BCUT2D eigenvalue weighted by molar-refractivity contribution is 0.475. The molecule has 0 bridgehead atoms. The van der Waals surface area contributed by atoms with Crippen LogP contribution >= 0.6 is 0 Å². The predicted octanol–water partition coefficient (Wildman–Crippen LogP) is 0.115. The van der Waals surface area contributed by atoms with Crippen molar-refractivity contribution in [3.8, 4) is 5.75 Å². The summed E-state index contributed by atoms with van der Waals surface area (Å²) in [5.41, 5.74) is 0. The molecule has 2 N–H and O–H groups in total. The molecular weight excluding hydrogens is 80.0 g/mol. The second kappa shape index (κ2) is 1.01. The van der Waals surface area contributed by atoms with Crippen molar-refractivity contribution in [2.75, 3.05) is 0 Å². The van der Waals surface area contributed by atoms with E-state index in [-0.39, 0.29) is 12.3 Å². The normalized spacial score (nSPS) is 13.3. The van der Waals surface area contributed by atoms with Crippen LogP contribution in [-0.4, -0.2) is 15.3 Å². The van der Waals surface area contributed by atoms with Crippen molar-refractivity contribution >= 4 is 0 Å². The summed E-state index contributed by atoms with van der Waals surface area (Å²) < 4.78 is 13.5. The van der Waals surface area contributed by atoms with Gasteiger partial charge in [0.1, 0.15) is 0 Å². The van der Waals surface area contributed by atoms with Crippen LogP contribution < -0.4 is 0 Å². The van der Waals surface area contributed by atoms with Crippen molar-refractivity contribution in [1.82, 2.24) is 10.2 Å². The Kier molecular flexibility index (Phi) is 0.275. The van der Waals surface area contributed by atoms with Crippen LogP contribution in [0.2, 0.25) is 0 Å². The number of aromatic amines is 1. The van der Waals surface area contributed by atoms with E-state index < -0.39 is 5.75 Å². The van der Waals surface area contributed by atoms with E-state index in [1.807, 2.05) is 0 Å². The summed E-state index contributed by atoms with van der Waals surface area (Å²) >= 11 is 0. The molecule has 1 aromatic rings. The standard InChI is InChI=1S/C3H4N2O/c6-3-1-4-5-2-3/h1-2,6H,(H,4,5)/i1D,2D. The van der Waals surface area contributed by atoms with Gasteiger partial charge in [0.2, 0.25) is 0 Å². The van der Waals surface area contributed by atoms with E-state index in [2.05, 4.69) is 10.2 Å². The molecule has 0 aliphatic rings. The molecule has 1 aromatic heterocycles. The first-order valence-corrected chi connectivity index (χ1v) is 1.42. The first-order valence-electron chi connectivity index (χ1n) is 2.42. The van der Waals surface area contributed by atoms with E-state index in [9.17, 15) is 0 Å². The summed E-state index contributed by atoms with van der Waals surface area (Å²) in [5.74, 6) is -0.398. The predicted molar refractivity (Wildman–Crippen MR) is 20.3 cm³/mol.